The number of rotatable bonds is 5. The third kappa shape index (κ3) is 3.54. The monoisotopic (exact) mass is 369 g/mol. The molecule has 0 radical (unpaired) electrons. The van der Waals surface area contributed by atoms with Gasteiger partial charge in [0.1, 0.15) is 6.54 Å². The zero-order valence-electron chi connectivity index (χ0n) is 15.1. The van der Waals surface area contributed by atoms with E-state index >= 15 is 0 Å². The van der Waals surface area contributed by atoms with Crippen LogP contribution in [-0.2, 0) is 20.9 Å². The van der Waals surface area contributed by atoms with Crippen LogP contribution in [0.2, 0.25) is 0 Å². The van der Waals surface area contributed by atoms with Crippen LogP contribution in [0.5, 0.6) is 0 Å². The van der Waals surface area contributed by atoms with Crippen LogP contribution in [-0.4, -0.2) is 44.9 Å². The zero-order chi connectivity index (χ0) is 19.0. The standard InChI is InChI=1S/C20H23N3O4/c24-18-10-14(11-23(18)16-3-1-2-4-16)20(27)21-15-5-6-17-13(9-15)7-8-22(17)12-19(25)26/h5-9,14,16H,1-4,10-12H2,(H,21,27)(H,25,26). The molecule has 1 aromatic carbocycles. The Hall–Kier alpha value is -2.83. The highest BCUT2D eigenvalue weighted by molar-refractivity contribution is 5.98. The highest BCUT2D eigenvalue weighted by Gasteiger charge is 2.38. The maximum absolute atomic E-state index is 12.6. The Morgan fingerprint density at radius 2 is 1.96 bits per heavy atom. The number of aromatic nitrogens is 1. The number of anilines is 1. The lowest BCUT2D eigenvalue weighted by atomic mass is 10.1. The van der Waals surface area contributed by atoms with Gasteiger partial charge in [-0.15, -0.1) is 0 Å². The number of nitrogens with one attached hydrogen (secondary N) is 1. The minimum Gasteiger partial charge on any atom is -0.480 e. The molecule has 2 N–H and O–H groups in total. The fourth-order valence-corrected chi connectivity index (χ4v) is 4.28. The molecule has 1 aromatic heterocycles. The Balaban J connectivity index is 1.43. The van der Waals surface area contributed by atoms with Crippen molar-refractivity contribution < 1.29 is 19.5 Å². The maximum Gasteiger partial charge on any atom is 0.323 e. The molecule has 2 fully saturated rings. The fourth-order valence-electron chi connectivity index (χ4n) is 4.28. The molecule has 7 heteroatoms. The zero-order valence-corrected chi connectivity index (χ0v) is 15.1. The summed E-state index contributed by atoms with van der Waals surface area (Å²) in [6, 6.07) is 7.54. The van der Waals surface area contributed by atoms with Gasteiger partial charge in [-0.3, -0.25) is 14.4 Å². The molecule has 2 heterocycles. The highest BCUT2D eigenvalue weighted by Crippen LogP contribution is 2.30. The number of nitrogens with zero attached hydrogens (tertiary/aromatic N) is 2. The van der Waals surface area contributed by atoms with Crippen molar-refractivity contribution in [2.75, 3.05) is 11.9 Å². The van der Waals surface area contributed by atoms with Crippen LogP contribution < -0.4 is 5.32 Å². The summed E-state index contributed by atoms with van der Waals surface area (Å²) in [6.45, 7) is 0.406. The normalized spacial score (nSPS) is 20.5. The van der Waals surface area contributed by atoms with E-state index in [1.165, 1.54) is 0 Å². The highest BCUT2D eigenvalue weighted by atomic mass is 16.4. The number of carbonyl (C=O) groups is 3. The van der Waals surface area contributed by atoms with Crippen LogP contribution in [0.4, 0.5) is 5.69 Å². The van der Waals surface area contributed by atoms with Gasteiger partial charge in [0.2, 0.25) is 11.8 Å². The van der Waals surface area contributed by atoms with E-state index in [0.717, 1.165) is 36.6 Å². The summed E-state index contributed by atoms with van der Waals surface area (Å²) in [5.41, 5.74) is 1.46. The molecule has 4 rings (SSSR count). The van der Waals surface area contributed by atoms with Crippen LogP contribution in [0.25, 0.3) is 10.9 Å². The van der Waals surface area contributed by atoms with E-state index in [-0.39, 0.29) is 30.7 Å². The number of likely N-dealkylation sites (tertiary alicyclic amines) is 1. The SMILES string of the molecule is O=C(O)Cn1ccc2cc(NC(=O)C3CC(=O)N(C4CCCC4)C3)ccc21. The largest absolute Gasteiger partial charge is 0.480 e. The first-order valence-electron chi connectivity index (χ1n) is 9.42. The van der Waals surface area contributed by atoms with Gasteiger partial charge in [-0.2, -0.15) is 0 Å². The van der Waals surface area contributed by atoms with Crippen LogP contribution >= 0.6 is 0 Å². The Labute approximate surface area is 156 Å². The van der Waals surface area contributed by atoms with Crippen molar-refractivity contribution in [3.63, 3.8) is 0 Å². The second kappa shape index (κ2) is 7.06. The molecule has 1 aliphatic heterocycles. The number of aliphatic carboxylic acids is 1. The number of hydrogen-bond acceptors (Lipinski definition) is 3. The van der Waals surface area contributed by atoms with E-state index in [1.807, 2.05) is 17.0 Å². The van der Waals surface area contributed by atoms with Gasteiger partial charge in [-0.1, -0.05) is 12.8 Å². The quantitative estimate of drug-likeness (QED) is 0.847. The molecule has 1 saturated heterocycles. The van der Waals surface area contributed by atoms with E-state index in [1.54, 1.807) is 22.9 Å². The molecule has 1 saturated carbocycles. The van der Waals surface area contributed by atoms with E-state index in [2.05, 4.69) is 5.32 Å². The van der Waals surface area contributed by atoms with Crippen LogP contribution in [0, 0.1) is 5.92 Å². The number of carboxylic acids is 1. The minimum absolute atomic E-state index is 0.0863. The second-order valence-corrected chi connectivity index (χ2v) is 7.49. The molecular formula is C20H23N3O4. The Bertz CT molecular complexity index is 898. The molecule has 142 valence electrons. The topological polar surface area (TPSA) is 91.6 Å². The molecule has 1 atom stereocenters. The van der Waals surface area contributed by atoms with Crippen molar-refractivity contribution in [1.82, 2.24) is 9.47 Å². The number of carbonyl (C=O) groups excluding carboxylic acids is 2. The lowest BCUT2D eigenvalue weighted by Gasteiger charge is -2.23. The second-order valence-electron chi connectivity index (χ2n) is 7.49. The first kappa shape index (κ1) is 17.6. The molecule has 2 aliphatic rings. The number of hydrogen-bond donors (Lipinski definition) is 2. The van der Waals surface area contributed by atoms with Crippen molar-refractivity contribution in [2.45, 2.75) is 44.7 Å². The van der Waals surface area contributed by atoms with E-state index < -0.39 is 5.97 Å². The van der Waals surface area contributed by atoms with E-state index in [0.29, 0.717) is 18.3 Å². The summed E-state index contributed by atoms with van der Waals surface area (Å²) in [5.74, 6) is -1.26. The Morgan fingerprint density at radius 3 is 2.70 bits per heavy atom. The summed E-state index contributed by atoms with van der Waals surface area (Å²) in [6.07, 6.45) is 6.41. The van der Waals surface area contributed by atoms with Crippen LogP contribution in [0.3, 0.4) is 0 Å². The molecule has 1 unspecified atom stereocenters. The van der Waals surface area contributed by atoms with E-state index in [4.69, 9.17) is 5.11 Å². The lowest BCUT2D eigenvalue weighted by molar-refractivity contribution is -0.137. The van der Waals surface area contributed by atoms with Gasteiger partial charge < -0.3 is 19.9 Å². The number of amides is 2. The fraction of sp³-hybridized carbons (Fsp3) is 0.450. The third-order valence-corrected chi connectivity index (χ3v) is 5.64. The molecule has 7 nitrogen and oxygen atoms in total. The van der Waals surface area contributed by atoms with Gasteiger partial charge in [0.05, 0.1) is 5.92 Å². The summed E-state index contributed by atoms with van der Waals surface area (Å²) in [5, 5.41) is 12.7. The lowest BCUT2D eigenvalue weighted by Crippen LogP contribution is -2.35. The van der Waals surface area contributed by atoms with Gasteiger partial charge in [0, 0.05) is 41.8 Å². The summed E-state index contributed by atoms with van der Waals surface area (Å²) in [7, 11) is 0. The first-order chi connectivity index (χ1) is 13.0. The van der Waals surface area contributed by atoms with Crippen LogP contribution in [0.1, 0.15) is 32.1 Å². The number of fused-ring (bicyclic) bond motifs is 1. The minimum atomic E-state index is -0.900. The van der Waals surface area contributed by atoms with Crippen molar-refractivity contribution in [3.8, 4) is 0 Å². The molecule has 2 amide bonds. The first-order valence-corrected chi connectivity index (χ1v) is 9.42. The van der Waals surface area contributed by atoms with Gasteiger partial charge >= 0.3 is 5.97 Å². The summed E-state index contributed by atoms with van der Waals surface area (Å²) < 4.78 is 1.65. The third-order valence-electron chi connectivity index (χ3n) is 5.64. The van der Waals surface area contributed by atoms with Crippen molar-refractivity contribution in [1.29, 1.82) is 0 Å². The van der Waals surface area contributed by atoms with Crippen molar-refractivity contribution in [2.24, 2.45) is 5.92 Å². The predicted molar refractivity (Wildman–Crippen MR) is 100 cm³/mol. The summed E-state index contributed by atoms with van der Waals surface area (Å²) >= 11 is 0. The van der Waals surface area contributed by atoms with Crippen molar-refractivity contribution in [3.05, 3.63) is 30.5 Å². The maximum atomic E-state index is 12.6. The molecular weight excluding hydrogens is 346 g/mol. The molecule has 27 heavy (non-hydrogen) atoms. The predicted octanol–water partition coefficient (Wildman–Crippen LogP) is 2.46. The smallest absolute Gasteiger partial charge is 0.323 e. The van der Waals surface area contributed by atoms with Gasteiger partial charge in [-0.05, 0) is 37.1 Å². The van der Waals surface area contributed by atoms with E-state index in [9.17, 15) is 14.4 Å². The Kier molecular flexibility index (Phi) is 4.59. The van der Waals surface area contributed by atoms with Gasteiger partial charge in [0.25, 0.3) is 0 Å². The average molecular weight is 369 g/mol. The number of carboxylic acid groups (broad SMARTS) is 1. The van der Waals surface area contributed by atoms with Gasteiger partial charge in [0.15, 0.2) is 0 Å². The molecule has 2 aromatic rings. The van der Waals surface area contributed by atoms with Crippen LogP contribution in [0.15, 0.2) is 30.5 Å². The van der Waals surface area contributed by atoms with Crippen molar-refractivity contribution >= 4 is 34.4 Å². The summed E-state index contributed by atoms with van der Waals surface area (Å²) in [4.78, 5) is 37.7. The molecule has 1 aliphatic carbocycles. The Morgan fingerprint density at radius 1 is 1.19 bits per heavy atom. The number of benzene rings is 1. The van der Waals surface area contributed by atoms with Gasteiger partial charge in [-0.25, -0.2) is 0 Å². The molecule has 0 spiro atoms. The average Bonchev–Trinajstić information content (AvgIpc) is 3.34. The molecule has 0 bridgehead atoms.